The first-order valence-electron chi connectivity index (χ1n) is 9.01. The monoisotopic (exact) mass is 348 g/mol. The van der Waals surface area contributed by atoms with Crippen LogP contribution in [0, 0.1) is 5.92 Å². The number of nitrogens with zero attached hydrogens (tertiary/aromatic N) is 2. The normalized spacial score (nSPS) is 17.9. The van der Waals surface area contributed by atoms with Gasteiger partial charge in [-0.15, -0.1) is 0 Å². The summed E-state index contributed by atoms with van der Waals surface area (Å²) in [7, 11) is 5.05. The number of methoxy groups -OCH3 is 2. The van der Waals surface area contributed by atoms with E-state index in [9.17, 15) is 0 Å². The molecule has 1 heterocycles. The molecule has 0 aliphatic carbocycles. The number of aliphatic imine (C=N–C) groups is 1. The van der Waals surface area contributed by atoms with Crippen LogP contribution in [0.15, 0.2) is 23.2 Å². The minimum absolute atomic E-state index is 0.483. The Morgan fingerprint density at radius 1 is 1.24 bits per heavy atom. The van der Waals surface area contributed by atoms with Crippen LogP contribution in [0.4, 0.5) is 5.69 Å². The van der Waals surface area contributed by atoms with Gasteiger partial charge in [0.1, 0.15) is 0 Å². The van der Waals surface area contributed by atoms with Crippen molar-refractivity contribution < 1.29 is 9.47 Å². The van der Waals surface area contributed by atoms with Crippen LogP contribution in [0.1, 0.15) is 26.7 Å². The van der Waals surface area contributed by atoms with Crippen molar-refractivity contribution in [3.05, 3.63) is 18.2 Å². The topological polar surface area (TPSA) is 58.1 Å². The number of nitrogens with one attached hydrogen (secondary N) is 2. The summed E-state index contributed by atoms with van der Waals surface area (Å²) in [5.41, 5.74) is 0.908. The first-order valence-corrected chi connectivity index (χ1v) is 9.01. The van der Waals surface area contributed by atoms with Gasteiger partial charge < -0.3 is 20.1 Å². The fraction of sp³-hybridized carbons (Fsp3) is 0.632. The number of hydrogen-bond donors (Lipinski definition) is 2. The molecule has 2 N–H and O–H groups in total. The highest BCUT2D eigenvalue weighted by Gasteiger charge is 2.20. The van der Waals surface area contributed by atoms with E-state index in [4.69, 9.17) is 9.47 Å². The van der Waals surface area contributed by atoms with Crippen LogP contribution in [-0.4, -0.2) is 57.8 Å². The number of rotatable bonds is 6. The minimum atomic E-state index is 0.483. The lowest BCUT2D eigenvalue weighted by molar-refractivity contribution is 0.148. The molecule has 140 valence electrons. The molecule has 0 spiro atoms. The third kappa shape index (κ3) is 5.53. The zero-order chi connectivity index (χ0) is 18.2. The molecule has 1 aromatic rings. The molecular weight excluding hydrogens is 316 g/mol. The summed E-state index contributed by atoms with van der Waals surface area (Å²) in [4.78, 5) is 6.87. The predicted octanol–water partition coefficient (Wildman–Crippen LogP) is 2.81. The Hall–Kier alpha value is -1.95. The van der Waals surface area contributed by atoms with E-state index >= 15 is 0 Å². The Labute approximate surface area is 151 Å². The molecule has 1 fully saturated rings. The number of guanidine groups is 1. The molecule has 1 atom stereocenters. The summed E-state index contributed by atoms with van der Waals surface area (Å²) >= 11 is 0. The molecule has 0 radical (unpaired) electrons. The highest BCUT2D eigenvalue weighted by Crippen LogP contribution is 2.29. The summed E-state index contributed by atoms with van der Waals surface area (Å²) in [5.74, 6) is 3.02. The van der Waals surface area contributed by atoms with Gasteiger partial charge in [-0.3, -0.25) is 9.89 Å². The Balaban J connectivity index is 1.88. The highest BCUT2D eigenvalue weighted by atomic mass is 16.5. The predicted molar refractivity (Wildman–Crippen MR) is 104 cm³/mol. The van der Waals surface area contributed by atoms with E-state index < -0.39 is 0 Å². The number of piperidine rings is 1. The Bertz CT molecular complexity index is 569. The van der Waals surface area contributed by atoms with Crippen molar-refractivity contribution in [3.8, 4) is 11.5 Å². The molecule has 1 saturated heterocycles. The standard InChI is InChI=1S/C19H32N4O2/c1-14-8-10-23(11-9-14)15(2)13-21-19(20-3)22-16-6-7-17(24-4)18(12-16)25-5/h6-7,12,14-15H,8-11,13H2,1-5H3,(H2,20,21,22). The fourth-order valence-electron chi connectivity index (χ4n) is 3.07. The zero-order valence-corrected chi connectivity index (χ0v) is 16.1. The quantitative estimate of drug-likeness (QED) is 0.611. The molecule has 25 heavy (non-hydrogen) atoms. The Kier molecular flexibility index (Phi) is 7.37. The first kappa shape index (κ1) is 19.4. The summed E-state index contributed by atoms with van der Waals surface area (Å²) < 4.78 is 10.6. The second-order valence-electron chi connectivity index (χ2n) is 6.72. The minimum Gasteiger partial charge on any atom is -0.493 e. The molecule has 2 rings (SSSR count). The van der Waals surface area contributed by atoms with Crippen molar-refractivity contribution in [2.24, 2.45) is 10.9 Å². The van der Waals surface area contributed by atoms with Crippen molar-refractivity contribution in [1.29, 1.82) is 0 Å². The fourth-order valence-corrected chi connectivity index (χ4v) is 3.07. The molecule has 0 aromatic heterocycles. The van der Waals surface area contributed by atoms with Crippen molar-refractivity contribution in [2.45, 2.75) is 32.7 Å². The molecule has 0 amide bonds. The number of likely N-dealkylation sites (tertiary alicyclic amines) is 1. The number of ether oxygens (including phenoxy) is 2. The van der Waals surface area contributed by atoms with Gasteiger partial charge in [-0.05, 0) is 50.9 Å². The Morgan fingerprint density at radius 2 is 1.92 bits per heavy atom. The van der Waals surface area contributed by atoms with Crippen LogP contribution in [0.2, 0.25) is 0 Å². The molecular formula is C19H32N4O2. The molecule has 1 aliphatic rings. The first-order chi connectivity index (χ1) is 12.1. The molecule has 1 unspecified atom stereocenters. The molecule has 6 heteroatoms. The zero-order valence-electron chi connectivity index (χ0n) is 16.1. The van der Waals surface area contributed by atoms with Gasteiger partial charge in [-0.1, -0.05) is 6.92 Å². The third-order valence-corrected chi connectivity index (χ3v) is 4.88. The van der Waals surface area contributed by atoms with Crippen molar-refractivity contribution in [1.82, 2.24) is 10.2 Å². The average Bonchev–Trinajstić information content (AvgIpc) is 2.65. The van der Waals surface area contributed by atoms with E-state index in [1.165, 1.54) is 25.9 Å². The van der Waals surface area contributed by atoms with Gasteiger partial charge in [0.05, 0.1) is 14.2 Å². The number of hydrogen-bond acceptors (Lipinski definition) is 4. The van der Waals surface area contributed by atoms with Crippen LogP contribution >= 0.6 is 0 Å². The van der Waals surface area contributed by atoms with E-state index in [0.717, 1.165) is 24.1 Å². The van der Waals surface area contributed by atoms with Crippen LogP contribution in [0.5, 0.6) is 11.5 Å². The molecule has 0 bridgehead atoms. The van der Waals surface area contributed by atoms with Gasteiger partial charge in [-0.25, -0.2) is 0 Å². The van der Waals surface area contributed by atoms with Crippen molar-refractivity contribution >= 4 is 11.6 Å². The Morgan fingerprint density at radius 3 is 2.52 bits per heavy atom. The number of anilines is 1. The summed E-state index contributed by atoms with van der Waals surface area (Å²) in [6, 6.07) is 6.22. The lowest BCUT2D eigenvalue weighted by Gasteiger charge is -2.35. The number of benzene rings is 1. The van der Waals surface area contributed by atoms with E-state index in [1.807, 2.05) is 18.2 Å². The smallest absolute Gasteiger partial charge is 0.195 e. The maximum Gasteiger partial charge on any atom is 0.195 e. The third-order valence-electron chi connectivity index (χ3n) is 4.88. The van der Waals surface area contributed by atoms with E-state index in [-0.39, 0.29) is 0 Å². The van der Waals surface area contributed by atoms with Crippen molar-refractivity contribution in [3.63, 3.8) is 0 Å². The molecule has 1 aliphatic heterocycles. The largest absolute Gasteiger partial charge is 0.493 e. The lowest BCUT2D eigenvalue weighted by atomic mass is 9.98. The summed E-state index contributed by atoms with van der Waals surface area (Å²) in [6.45, 7) is 7.85. The van der Waals surface area contributed by atoms with Crippen LogP contribution in [0.3, 0.4) is 0 Å². The molecule has 6 nitrogen and oxygen atoms in total. The van der Waals surface area contributed by atoms with Crippen LogP contribution in [-0.2, 0) is 0 Å². The van der Waals surface area contributed by atoms with E-state index in [1.54, 1.807) is 21.3 Å². The van der Waals surface area contributed by atoms with Gasteiger partial charge >= 0.3 is 0 Å². The molecule has 1 aromatic carbocycles. The SMILES string of the molecule is CN=C(NCC(C)N1CCC(C)CC1)Nc1ccc(OC)c(OC)c1. The average molecular weight is 348 g/mol. The van der Waals surface area contributed by atoms with Gasteiger partial charge in [0.15, 0.2) is 17.5 Å². The highest BCUT2D eigenvalue weighted by molar-refractivity contribution is 5.93. The molecule has 0 saturated carbocycles. The second kappa shape index (κ2) is 9.51. The maximum atomic E-state index is 5.35. The van der Waals surface area contributed by atoms with Crippen molar-refractivity contribution in [2.75, 3.05) is 46.2 Å². The van der Waals surface area contributed by atoms with E-state index in [2.05, 4.69) is 34.4 Å². The van der Waals surface area contributed by atoms with Gasteiger partial charge in [0.2, 0.25) is 0 Å². The maximum absolute atomic E-state index is 5.35. The lowest BCUT2D eigenvalue weighted by Crippen LogP contribution is -2.46. The van der Waals surface area contributed by atoms with Gasteiger partial charge in [0.25, 0.3) is 0 Å². The van der Waals surface area contributed by atoms with E-state index in [0.29, 0.717) is 17.5 Å². The van der Waals surface area contributed by atoms with Crippen LogP contribution in [0.25, 0.3) is 0 Å². The summed E-state index contributed by atoms with van der Waals surface area (Å²) in [6.07, 6.45) is 2.59. The van der Waals surface area contributed by atoms with Gasteiger partial charge in [0, 0.05) is 31.4 Å². The second-order valence-corrected chi connectivity index (χ2v) is 6.72. The van der Waals surface area contributed by atoms with Crippen LogP contribution < -0.4 is 20.1 Å². The van der Waals surface area contributed by atoms with Gasteiger partial charge in [-0.2, -0.15) is 0 Å². The summed E-state index contributed by atoms with van der Waals surface area (Å²) in [5, 5.41) is 6.72.